The van der Waals surface area contributed by atoms with Crippen molar-refractivity contribution < 1.29 is 9.18 Å². The highest BCUT2D eigenvalue weighted by Crippen LogP contribution is 2.24. The predicted molar refractivity (Wildman–Crippen MR) is 131 cm³/mol. The van der Waals surface area contributed by atoms with Gasteiger partial charge in [-0.05, 0) is 74.5 Å². The Labute approximate surface area is 202 Å². The zero-order valence-electron chi connectivity index (χ0n) is 19.5. The molecule has 2 aliphatic heterocycles. The van der Waals surface area contributed by atoms with Crippen molar-refractivity contribution >= 4 is 17.5 Å². The standard InChI is InChI=1S/C27H35ClFN3O/c1-20-4-3-13-32(17-20)18-22-9-7-21(8-10-22)16-30-27(33)23-11-14-31(15-12-23)19-24-25(28)5-2-6-26(24)29/h2,5-10,20,23H,3-4,11-19H2,1H3,(H,30,33). The lowest BCUT2D eigenvalue weighted by Gasteiger charge is -2.31. The minimum absolute atomic E-state index is 0.0118. The number of benzene rings is 2. The van der Waals surface area contributed by atoms with Crippen LogP contribution in [0.3, 0.4) is 0 Å². The fourth-order valence-electron chi connectivity index (χ4n) is 5.04. The molecule has 2 saturated heterocycles. The lowest BCUT2D eigenvalue weighted by atomic mass is 9.95. The quantitative estimate of drug-likeness (QED) is 0.599. The van der Waals surface area contributed by atoms with Crippen molar-refractivity contribution in [1.82, 2.24) is 15.1 Å². The van der Waals surface area contributed by atoms with Gasteiger partial charge in [-0.25, -0.2) is 4.39 Å². The smallest absolute Gasteiger partial charge is 0.223 e. The average Bonchev–Trinajstić information content (AvgIpc) is 2.81. The van der Waals surface area contributed by atoms with Crippen LogP contribution in [0.5, 0.6) is 0 Å². The predicted octanol–water partition coefficient (Wildman–Crippen LogP) is 5.24. The molecule has 178 valence electrons. The number of carbonyl (C=O) groups is 1. The maximum Gasteiger partial charge on any atom is 0.223 e. The molecule has 2 heterocycles. The summed E-state index contributed by atoms with van der Waals surface area (Å²) < 4.78 is 14.1. The van der Waals surface area contributed by atoms with Gasteiger partial charge in [-0.15, -0.1) is 0 Å². The third kappa shape index (κ3) is 6.78. The van der Waals surface area contributed by atoms with Crippen LogP contribution in [0, 0.1) is 17.7 Å². The summed E-state index contributed by atoms with van der Waals surface area (Å²) in [6.45, 7) is 8.30. The molecule has 0 saturated carbocycles. The molecule has 1 amide bonds. The summed E-state index contributed by atoms with van der Waals surface area (Å²) in [4.78, 5) is 17.4. The summed E-state index contributed by atoms with van der Waals surface area (Å²) in [7, 11) is 0. The Balaban J connectivity index is 1.19. The number of carbonyl (C=O) groups excluding carboxylic acids is 1. The highest BCUT2D eigenvalue weighted by Gasteiger charge is 2.25. The van der Waals surface area contributed by atoms with Crippen LogP contribution >= 0.6 is 11.6 Å². The summed E-state index contributed by atoms with van der Waals surface area (Å²) in [5, 5.41) is 3.57. The Bertz CT molecular complexity index is 907. The Kier molecular flexibility index (Phi) is 8.39. The fraction of sp³-hybridized carbons (Fsp3) is 0.519. The van der Waals surface area contributed by atoms with E-state index in [0.717, 1.165) is 44.0 Å². The number of hydrogen-bond acceptors (Lipinski definition) is 3. The van der Waals surface area contributed by atoms with E-state index in [1.54, 1.807) is 12.1 Å². The van der Waals surface area contributed by atoms with Crippen molar-refractivity contribution in [3.63, 3.8) is 0 Å². The Morgan fingerprint density at radius 2 is 1.73 bits per heavy atom. The van der Waals surface area contributed by atoms with Crippen molar-refractivity contribution in [1.29, 1.82) is 0 Å². The topological polar surface area (TPSA) is 35.6 Å². The maximum absolute atomic E-state index is 14.1. The first-order chi connectivity index (χ1) is 16.0. The molecule has 4 nitrogen and oxygen atoms in total. The third-order valence-electron chi connectivity index (χ3n) is 7.04. The van der Waals surface area contributed by atoms with Crippen LogP contribution in [0.25, 0.3) is 0 Å². The first-order valence-corrected chi connectivity index (χ1v) is 12.6. The fourth-order valence-corrected chi connectivity index (χ4v) is 5.27. The van der Waals surface area contributed by atoms with E-state index < -0.39 is 0 Å². The molecular weight excluding hydrogens is 437 g/mol. The first-order valence-electron chi connectivity index (χ1n) is 12.2. The van der Waals surface area contributed by atoms with E-state index in [4.69, 9.17) is 11.6 Å². The number of nitrogens with zero attached hydrogens (tertiary/aromatic N) is 2. The SMILES string of the molecule is CC1CCCN(Cc2ccc(CNC(=O)C3CCN(Cc4c(F)cccc4Cl)CC3)cc2)C1. The molecule has 2 fully saturated rings. The number of halogens is 2. The molecule has 0 aliphatic carbocycles. The summed E-state index contributed by atoms with van der Waals surface area (Å²) in [6, 6.07) is 13.4. The van der Waals surface area contributed by atoms with E-state index in [-0.39, 0.29) is 17.6 Å². The molecular formula is C27H35ClFN3O. The van der Waals surface area contributed by atoms with Gasteiger partial charge in [0.1, 0.15) is 5.82 Å². The Morgan fingerprint density at radius 3 is 2.42 bits per heavy atom. The Hall–Kier alpha value is -1.95. The monoisotopic (exact) mass is 471 g/mol. The van der Waals surface area contributed by atoms with Crippen LogP contribution < -0.4 is 5.32 Å². The van der Waals surface area contributed by atoms with Crippen LogP contribution in [-0.2, 0) is 24.4 Å². The minimum Gasteiger partial charge on any atom is -0.352 e. The summed E-state index contributed by atoms with van der Waals surface area (Å²) in [5.41, 5.74) is 3.01. The second kappa shape index (κ2) is 11.5. The van der Waals surface area contributed by atoms with Crippen molar-refractivity contribution in [2.75, 3.05) is 26.2 Å². The Morgan fingerprint density at radius 1 is 1.00 bits per heavy atom. The zero-order valence-corrected chi connectivity index (χ0v) is 20.3. The molecule has 1 atom stereocenters. The third-order valence-corrected chi connectivity index (χ3v) is 7.39. The average molecular weight is 472 g/mol. The molecule has 33 heavy (non-hydrogen) atoms. The van der Waals surface area contributed by atoms with Gasteiger partial charge in [0.05, 0.1) is 0 Å². The van der Waals surface area contributed by atoms with Gasteiger partial charge in [-0.1, -0.05) is 48.9 Å². The second-order valence-corrected chi connectivity index (χ2v) is 10.2. The molecule has 1 unspecified atom stereocenters. The molecule has 0 radical (unpaired) electrons. The first kappa shape index (κ1) is 24.2. The number of nitrogens with one attached hydrogen (secondary N) is 1. The molecule has 2 aromatic carbocycles. The largest absolute Gasteiger partial charge is 0.352 e. The highest BCUT2D eigenvalue weighted by atomic mass is 35.5. The van der Waals surface area contributed by atoms with Crippen LogP contribution in [0.15, 0.2) is 42.5 Å². The minimum atomic E-state index is -0.265. The van der Waals surface area contributed by atoms with Gasteiger partial charge in [0.15, 0.2) is 0 Å². The molecule has 0 spiro atoms. The normalized spacial score (nSPS) is 20.6. The summed E-state index contributed by atoms with van der Waals surface area (Å²) in [6.07, 6.45) is 4.20. The number of likely N-dealkylation sites (tertiary alicyclic amines) is 2. The molecule has 0 bridgehead atoms. The van der Waals surface area contributed by atoms with Gasteiger partial charge in [0.2, 0.25) is 5.91 Å². The molecule has 1 N–H and O–H groups in total. The summed E-state index contributed by atoms with van der Waals surface area (Å²) >= 11 is 6.16. The second-order valence-electron chi connectivity index (χ2n) is 9.77. The van der Waals surface area contributed by atoms with E-state index in [9.17, 15) is 9.18 Å². The van der Waals surface area contributed by atoms with E-state index in [2.05, 4.69) is 46.3 Å². The van der Waals surface area contributed by atoms with E-state index in [1.165, 1.54) is 37.6 Å². The van der Waals surface area contributed by atoms with Crippen LogP contribution in [-0.4, -0.2) is 41.9 Å². The van der Waals surface area contributed by atoms with Crippen LogP contribution in [0.2, 0.25) is 5.02 Å². The lowest BCUT2D eigenvalue weighted by molar-refractivity contribution is -0.126. The number of amides is 1. The number of rotatable bonds is 7. The number of hydrogen-bond donors (Lipinski definition) is 1. The van der Waals surface area contributed by atoms with E-state index >= 15 is 0 Å². The van der Waals surface area contributed by atoms with Gasteiger partial charge in [-0.3, -0.25) is 14.6 Å². The van der Waals surface area contributed by atoms with Gasteiger partial charge in [-0.2, -0.15) is 0 Å². The summed E-state index contributed by atoms with van der Waals surface area (Å²) in [5.74, 6) is 0.652. The van der Waals surface area contributed by atoms with Gasteiger partial charge in [0, 0.05) is 42.7 Å². The van der Waals surface area contributed by atoms with Gasteiger partial charge >= 0.3 is 0 Å². The lowest BCUT2D eigenvalue weighted by Crippen LogP contribution is -2.40. The van der Waals surface area contributed by atoms with E-state index in [1.807, 2.05) is 0 Å². The van der Waals surface area contributed by atoms with Crippen molar-refractivity contribution in [3.05, 3.63) is 70.0 Å². The van der Waals surface area contributed by atoms with Gasteiger partial charge < -0.3 is 5.32 Å². The molecule has 0 aromatic heterocycles. The van der Waals surface area contributed by atoms with Gasteiger partial charge in [0.25, 0.3) is 0 Å². The number of piperidine rings is 2. The van der Waals surface area contributed by atoms with Crippen molar-refractivity contribution in [2.24, 2.45) is 11.8 Å². The molecule has 6 heteroatoms. The van der Waals surface area contributed by atoms with Crippen molar-refractivity contribution in [3.8, 4) is 0 Å². The molecule has 2 aromatic rings. The van der Waals surface area contributed by atoms with Crippen LogP contribution in [0.1, 0.15) is 49.3 Å². The maximum atomic E-state index is 14.1. The molecule has 2 aliphatic rings. The molecule has 4 rings (SSSR count). The van der Waals surface area contributed by atoms with Crippen molar-refractivity contribution in [2.45, 2.75) is 52.2 Å². The zero-order chi connectivity index (χ0) is 23.2. The van der Waals surface area contributed by atoms with E-state index in [0.29, 0.717) is 23.7 Å². The van der Waals surface area contributed by atoms with Crippen LogP contribution in [0.4, 0.5) is 4.39 Å². The highest BCUT2D eigenvalue weighted by molar-refractivity contribution is 6.31.